The summed E-state index contributed by atoms with van der Waals surface area (Å²) in [4.78, 5) is 10.0. The molecule has 0 aliphatic heterocycles. The minimum Gasteiger partial charge on any atom is -0.494 e. The van der Waals surface area contributed by atoms with Crippen LogP contribution in [0.25, 0.3) is 0 Å². The summed E-state index contributed by atoms with van der Waals surface area (Å²) in [5.41, 5.74) is 0. The summed E-state index contributed by atoms with van der Waals surface area (Å²) in [7, 11) is 0. The first kappa shape index (κ1) is 16.5. The van der Waals surface area contributed by atoms with E-state index in [9.17, 15) is 4.79 Å². The van der Waals surface area contributed by atoms with Crippen molar-refractivity contribution in [1.29, 1.82) is 0 Å². The molecule has 1 radical (unpaired) electrons. The quantitative estimate of drug-likeness (QED) is 0.522. The molecule has 0 heterocycles. The van der Waals surface area contributed by atoms with Gasteiger partial charge in [0, 0.05) is 0 Å². The number of carbonyl (C=O) groups excluding carboxylic acids is 1. The van der Waals surface area contributed by atoms with Gasteiger partial charge in [0.15, 0.2) is 0 Å². The summed E-state index contributed by atoms with van der Waals surface area (Å²) in [5.74, 6) is 1.30. The zero-order valence-corrected chi connectivity index (χ0v) is 12.4. The van der Waals surface area contributed by atoms with Gasteiger partial charge in [0.2, 0.25) is 0 Å². The Hall–Kier alpha value is -1.51. The van der Waals surface area contributed by atoms with Gasteiger partial charge < -0.3 is 9.47 Å². The van der Waals surface area contributed by atoms with Crippen molar-refractivity contribution in [2.75, 3.05) is 6.61 Å². The van der Waals surface area contributed by atoms with Crippen molar-refractivity contribution >= 4 is 6.47 Å². The summed E-state index contributed by atoms with van der Waals surface area (Å²) in [5, 5.41) is 0. The van der Waals surface area contributed by atoms with E-state index in [2.05, 4.69) is 11.7 Å². The van der Waals surface area contributed by atoms with Gasteiger partial charge in [-0.25, -0.2) is 4.79 Å². The van der Waals surface area contributed by atoms with Crippen LogP contribution in [-0.2, 0) is 4.79 Å². The second-order valence-electron chi connectivity index (χ2n) is 4.98. The molecule has 0 bridgehead atoms. The van der Waals surface area contributed by atoms with Gasteiger partial charge in [0.05, 0.1) is 6.61 Å². The molecule has 0 saturated heterocycles. The van der Waals surface area contributed by atoms with Crippen molar-refractivity contribution < 1.29 is 14.3 Å². The third-order valence-corrected chi connectivity index (χ3v) is 3.25. The number of hydrogen-bond donors (Lipinski definition) is 0. The maximum atomic E-state index is 10.0. The molecule has 3 heteroatoms. The maximum Gasteiger partial charge on any atom is 0.423 e. The Morgan fingerprint density at radius 3 is 2.00 bits per heavy atom. The lowest BCUT2D eigenvalue weighted by Crippen LogP contribution is -1.97. The highest BCUT2D eigenvalue weighted by molar-refractivity contribution is 5.46. The van der Waals surface area contributed by atoms with E-state index in [1.165, 1.54) is 51.4 Å². The van der Waals surface area contributed by atoms with Crippen molar-refractivity contribution in [3.05, 3.63) is 24.3 Å². The van der Waals surface area contributed by atoms with Crippen molar-refractivity contribution in [3.8, 4) is 11.5 Å². The molecule has 1 aromatic rings. The average Bonchev–Trinajstić information content (AvgIpc) is 2.47. The monoisotopic (exact) mass is 277 g/mol. The first-order chi connectivity index (χ1) is 9.86. The van der Waals surface area contributed by atoms with E-state index in [1.807, 2.05) is 0 Å². The van der Waals surface area contributed by atoms with Crippen molar-refractivity contribution in [3.63, 3.8) is 0 Å². The molecule has 3 nitrogen and oxygen atoms in total. The summed E-state index contributed by atoms with van der Waals surface area (Å²) in [6, 6.07) is 7.01. The fraction of sp³-hybridized carbons (Fsp3) is 0.588. The molecule has 0 aromatic heterocycles. The van der Waals surface area contributed by atoms with E-state index in [4.69, 9.17) is 4.74 Å². The van der Waals surface area contributed by atoms with Crippen LogP contribution in [-0.4, -0.2) is 13.1 Å². The standard InChI is InChI=1S/C17H25O3/c1-2-3-4-5-6-7-8-9-14-19-16-10-12-17(13-11-16)20-15-18/h10-13H,2-9,14H2,1H3. The van der Waals surface area contributed by atoms with Crippen LogP contribution >= 0.6 is 0 Å². The van der Waals surface area contributed by atoms with E-state index in [0.717, 1.165) is 18.8 Å². The molecular formula is C17H25O3. The zero-order chi connectivity index (χ0) is 14.5. The third-order valence-electron chi connectivity index (χ3n) is 3.25. The molecular weight excluding hydrogens is 252 g/mol. The predicted molar refractivity (Wildman–Crippen MR) is 80.9 cm³/mol. The average molecular weight is 277 g/mol. The normalized spacial score (nSPS) is 10.2. The maximum absolute atomic E-state index is 10.0. The van der Waals surface area contributed by atoms with Crippen LogP contribution in [0.4, 0.5) is 0 Å². The van der Waals surface area contributed by atoms with Crippen LogP contribution in [0.5, 0.6) is 11.5 Å². The van der Waals surface area contributed by atoms with E-state index < -0.39 is 0 Å². The molecule has 0 spiro atoms. The summed E-state index contributed by atoms with van der Waals surface area (Å²) in [6.45, 7) is 4.39. The van der Waals surface area contributed by atoms with Crippen molar-refractivity contribution in [2.45, 2.75) is 58.3 Å². The van der Waals surface area contributed by atoms with Crippen LogP contribution in [0.3, 0.4) is 0 Å². The first-order valence-electron chi connectivity index (χ1n) is 7.63. The van der Waals surface area contributed by atoms with Gasteiger partial charge >= 0.3 is 6.47 Å². The Balaban J connectivity index is 1.99. The summed E-state index contributed by atoms with van der Waals surface area (Å²) >= 11 is 0. The van der Waals surface area contributed by atoms with Gasteiger partial charge in [-0.1, -0.05) is 51.9 Å². The number of ether oxygens (including phenoxy) is 2. The lowest BCUT2D eigenvalue weighted by Gasteiger charge is -2.06. The Bertz CT molecular complexity index is 346. The molecule has 0 amide bonds. The van der Waals surface area contributed by atoms with Gasteiger partial charge in [0.25, 0.3) is 0 Å². The molecule has 20 heavy (non-hydrogen) atoms. The molecule has 0 aliphatic carbocycles. The summed E-state index contributed by atoms with van der Waals surface area (Å²) < 4.78 is 10.2. The molecule has 0 fully saturated rings. The minimum atomic E-state index is 0.486. The second-order valence-corrected chi connectivity index (χ2v) is 4.98. The Morgan fingerprint density at radius 1 is 0.850 bits per heavy atom. The van der Waals surface area contributed by atoms with Gasteiger partial charge in [-0.2, -0.15) is 0 Å². The van der Waals surface area contributed by atoms with Gasteiger partial charge in [-0.15, -0.1) is 0 Å². The lowest BCUT2D eigenvalue weighted by atomic mass is 10.1. The smallest absolute Gasteiger partial charge is 0.423 e. The van der Waals surface area contributed by atoms with Crippen LogP contribution in [0, 0.1) is 0 Å². The van der Waals surface area contributed by atoms with Crippen LogP contribution in [0.15, 0.2) is 24.3 Å². The fourth-order valence-electron chi connectivity index (χ4n) is 2.08. The molecule has 0 aliphatic rings. The van der Waals surface area contributed by atoms with Crippen molar-refractivity contribution in [1.82, 2.24) is 0 Å². The Kier molecular flexibility index (Phi) is 9.37. The highest BCUT2D eigenvalue weighted by atomic mass is 16.5. The molecule has 0 atom stereocenters. The minimum absolute atomic E-state index is 0.486. The topological polar surface area (TPSA) is 35.5 Å². The van der Waals surface area contributed by atoms with E-state index in [-0.39, 0.29) is 0 Å². The highest BCUT2D eigenvalue weighted by Crippen LogP contribution is 2.17. The van der Waals surface area contributed by atoms with Gasteiger partial charge in [-0.3, -0.25) is 0 Å². The van der Waals surface area contributed by atoms with Crippen LogP contribution in [0.1, 0.15) is 58.3 Å². The second kappa shape index (κ2) is 11.3. The fourth-order valence-corrected chi connectivity index (χ4v) is 2.08. The van der Waals surface area contributed by atoms with Crippen molar-refractivity contribution in [2.24, 2.45) is 0 Å². The Morgan fingerprint density at radius 2 is 1.40 bits per heavy atom. The zero-order valence-electron chi connectivity index (χ0n) is 12.4. The number of rotatable bonds is 12. The van der Waals surface area contributed by atoms with Gasteiger partial charge in [0.1, 0.15) is 11.5 Å². The highest BCUT2D eigenvalue weighted by Gasteiger charge is 1.97. The van der Waals surface area contributed by atoms with E-state index in [0.29, 0.717) is 5.75 Å². The first-order valence-corrected chi connectivity index (χ1v) is 7.63. The molecule has 0 unspecified atom stereocenters. The lowest BCUT2D eigenvalue weighted by molar-refractivity contribution is 0.304. The number of hydrogen-bond acceptors (Lipinski definition) is 3. The van der Waals surface area contributed by atoms with E-state index in [1.54, 1.807) is 24.3 Å². The number of unbranched alkanes of at least 4 members (excludes halogenated alkanes) is 7. The van der Waals surface area contributed by atoms with Crippen LogP contribution < -0.4 is 9.47 Å². The molecule has 111 valence electrons. The molecule has 1 rings (SSSR count). The third kappa shape index (κ3) is 7.82. The van der Waals surface area contributed by atoms with E-state index >= 15 is 0 Å². The summed E-state index contributed by atoms with van der Waals surface area (Å²) in [6.07, 6.45) is 10.4. The molecule has 0 saturated carbocycles. The number of benzene rings is 1. The van der Waals surface area contributed by atoms with Gasteiger partial charge in [-0.05, 0) is 30.7 Å². The Labute approximate surface area is 122 Å². The largest absolute Gasteiger partial charge is 0.494 e. The predicted octanol–water partition coefficient (Wildman–Crippen LogP) is 4.65. The van der Waals surface area contributed by atoms with Crippen LogP contribution in [0.2, 0.25) is 0 Å². The molecule has 0 N–H and O–H groups in total. The molecule has 1 aromatic carbocycles. The SMILES string of the molecule is CCCCCCCCCCOc1ccc(O[C]=O)cc1.